The molecule has 3 heteroatoms. The van der Waals surface area contributed by atoms with E-state index in [-0.39, 0.29) is 5.82 Å². The highest BCUT2D eigenvalue weighted by molar-refractivity contribution is 5.56. The normalized spacial score (nSPS) is 16.2. The van der Waals surface area contributed by atoms with Crippen molar-refractivity contribution >= 4 is 5.69 Å². The molecule has 1 saturated carbocycles. The van der Waals surface area contributed by atoms with Crippen LogP contribution in [0.3, 0.4) is 0 Å². The number of nitrogens with zero attached hydrogens (tertiary/aromatic N) is 1. The molecule has 1 aromatic rings. The topological polar surface area (TPSA) is 29.3 Å². The van der Waals surface area contributed by atoms with Gasteiger partial charge in [-0.25, -0.2) is 4.39 Å². The maximum Gasteiger partial charge on any atom is 0.146 e. The molecule has 0 saturated heterocycles. The second kappa shape index (κ2) is 6.19. The Balaban J connectivity index is 2.33. The summed E-state index contributed by atoms with van der Waals surface area (Å²) in [5, 5.41) is 0. The van der Waals surface area contributed by atoms with Gasteiger partial charge in [0.2, 0.25) is 0 Å². The van der Waals surface area contributed by atoms with Crippen molar-refractivity contribution in [3.8, 4) is 0 Å². The smallest absolute Gasteiger partial charge is 0.146 e. The summed E-state index contributed by atoms with van der Waals surface area (Å²) in [6.07, 6.45) is 5.65. The SMILES string of the molecule is CCN(c1c(F)cccc1CCN)C1CCCC1. The first kappa shape index (κ1) is 13.3. The van der Waals surface area contributed by atoms with Crippen LogP contribution < -0.4 is 10.6 Å². The standard InChI is InChI=1S/C15H23FN2/c1-2-18(13-7-3-4-8-13)15-12(10-11-17)6-5-9-14(15)16/h5-6,9,13H,2-4,7-8,10-11,17H2,1H3. The Kier molecular flexibility index (Phi) is 4.59. The van der Waals surface area contributed by atoms with Crippen LogP contribution in [0.2, 0.25) is 0 Å². The molecule has 0 aromatic heterocycles. The van der Waals surface area contributed by atoms with Crippen molar-refractivity contribution in [2.24, 2.45) is 5.73 Å². The van der Waals surface area contributed by atoms with Crippen LogP contribution in [0.25, 0.3) is 0 Å². The predicted octanol–water partition coefficient (Wildman–Crippen LogP) is 3.10. The molecule has 2 nitrogen and oxygen atoms in total. The lowest BCUT2D eigenvalue weighted by molar-refractivity contribution is 0.575. The molecule has 0 unspecified atom stereocenters. The van der Waals surface area contributed by atoms with Gasteiger partial charge >= 0.3 is 0 Å². The number of benzene rings is 1. The lowest BCUT2D eigenvalue weighted by atomic mass is 10.1. The number of para-hydroxylation sites is 1. The zero-order valence-corrected chi connectivity index (χ0v) is 11.2. The van der Waals surface area contributed by atoms with Crippen molar-refractivity contribution in [1.29, 1.82) is 0 Å². The summed E-state index contributed by atoms with van der Waals surface area (Å²) in [5.41, 5.74) is 7.47. The van der Waals surface area contributed by atoms with Gasteiger partial charge in [0.15, 0.2) is 0 Å². The number of hydrogen-bond acceptors (Lipinski definition) is 2. The lowest BCUT2D eigenvalue weighted by Gasteiger charge is -2.32. The Bertz CT molecular complexity index is 386. The molecule has 1 aromatic carbocycles. The van der Waals surface area contributed by atoms with Gasteiger partial charge in [0, 0.05) is 12.6 Å². The van der Waals surface area contributed by atoms with Crippen LogP contribution in [0.1, 0.15) is 38.2 Å². The van der Waals surface area contributed by atoms with Crippen LogP contribution in [0.15, 0.2) is 18.2 Å². The Labute approximate surface area is 109 Å². The van der Waals surface area contributed by atoms with Gasteiger partial charge in [0.25, 0.3) is 0 Å². The average Bonchev–Trinajstić information content (AvgIpc) is 2.87. The van der Waals surface area contributed by atoms with Crippen LogP contribution in [0.5, 0.6) is 0 Å². The van der Waals surface area contributed by atoms with Gasteiger partial charge in [-0.05, 0) is 44.4 Å². The summed E-state index contributed by atoms with van der Waals surface area (Å²) < 4.78 is 14.2. The third kappa shape index (κ3) is 2.66. The van der Waals surface area contributed by atoms with Crippen LogP contribution in [-0.2, 0) is 6.42 Å². The van der Waals surface area contributed by atoms with Crippen molar-refractivity contribution in [1.82, 2.24) is 0 Å². The van der Waals surface area contributed by atoms with E-state index in [0.29, 0.717) is 12.6 Å². The molecule has 0 atom stereocenters. The van der Waals surface area contributed by atoms with Crippen LogP contribution in [0.4, 0.5) is 10.1 Å². The molecule has 100 valence electrons. The highest BCUT2D eigenvalue weighted by atomic mass is 19.1. The maximum atomic E-state index is 14.2. The number of halogens is 1. The fourth-order valence-corrected chi connectivity index (χ4v) is 3.05. The predicted molar refractivity (Wildman–Crippen MR) is 74.4 cm³/mol. The van der Waals surface area contributed by atoms with E-state index in [1.165, 1.54) is 25.7 Å². The second-order valence-corrected chi connectivity index (χ2v) is 5.01. The average molecular weight is 250 g/mol. The van der Waals surface area contributed by atoms with Crippen molar-refractivity contribution < 1.29 is 4.39 Å². The van der Waals surface area contributed by atoms with Crippen LogP contribution in [-0.4, -0.2) is 19.1 Å². The lowest BCUT2D eigenvalue weighted by Crippen LogP contribution is -2.34. The summed E-state index contributed by atoms with van der Waals surface area (Å²) in [5.74, 6) is -0.102. The highest BCUT2D eigenvalue weighted by Gasteiger charge is 2.25. The molecule has 1 aliphatic carbocycles. The zero-order chi connectivity index (χ0) is 13.0. The van der Waals surface area contributed by atoms with Gasteiger partial charge in [-0.2, -0.15) is 0 Å². The molecule has 18 heavy (non-hydrogen) atoms. The molecule has 0 spiro atoms. The van der Waals surface area contributed by atoms with Crippen LogP contribution >= 0.6 is 0 Å². The molecular weight excluding hydrogens is 227 g/mol. The first-order chi connectivity index (χ1) is 8.77. The molecular formula is C15H23FN2. The van der Waals surface area contributed by atoms with Gasteiger partial charge in [-0.1, -0.05) is 25.0 Å². The van der Waals surface area contributed by atoms with E-state index >= 15 is 0 Å². The van der Waals surface area contributed by atoms with Crippen molar-refractivity contribution in [2.75, 3.05) is 18.0 Å². The Morgan fingerprint density at radius 1 is 1.33 bits per heavy atom. The summed E-state index contributed by atoms with van der Waals surface area (Å²) in [7, 11) is 0. The van der Waals surface area contributed by atoms with Gasteiger partial charge in [0.1, 0.15) is 5.82 Å². The minimum atomic E-state index is -0.102. The number of hydrogen-bond donors (Lipinski definition) is 1. The van der Waals surface area contributed by atoms with Crippen LogP contribution in [0, 0.1) is 5.82 Å². The van der Waals surface area contributed by atoms with Crippen molar-refractivity contribution in [2.45, 2.75) is 45.1 Å². The molecule has 1 aliphatic rings. The highest BCUT2D eigenvalue weighted by Crippen LogP contribution is 2.32. The minimum Gasteiger partial charge on any atom is -0.366 e. The maximum absolute atomic E-state index is 14.2. The summed E-state index contributed by atoms with van der Waals surface area (Å²) in [4.78, 5) is 2.24. The summed E-state index contributed by atoms with van der Waals surface area (Å²) in [6.45, 7) is 3.54. The molecule has 2 rings (SSSR count). The van der Waals surface area contributed by atoms with E-state index in [0.717, 1.165) is 24.2 Å². The molecule has 0 bridgehead atoms. The first-order valence-electron chi connectivity index (χ1n) is 7.02. The zero-order valence-electron chi connectivity index (χ0n) is 11.2. The fourth-order valence-electron chi connectivity index (χ4n) is 3.05. The number of nitrogens with two attached hydrogens (primary N) is 1. The monoisotopic (exact) mass is 250 g/mol. The van der Waals surface area contributed by atoms with Crippen molar-refractivity contribution in [3.63, 3.8) is 0 Å². The molecule has 2 N–H and O–H groups in total. The van der Waals surface area contributed by atoms with E-state index in [1.807, 2.05) is 6.07 Å². The fraction of sp³-hybridized carbons (Fsp3) is 0.600. The van der Waals surface area contributed by atoms with E-state index < -0.39 is 0 Å². The number of anilines is 1. The second-order valence-electron chi connectivity index (χ2n) is 5.01. The van der Waals surface area contributed by atoms with Gasteiger partial charge in [0.05, 0.1) is 5.69 Å². The van der Waals surface area contributed by atoms with Gasteiger partial charge in [-0.3, -0.25) is 0 Å². The molecule has 1 fully saturated rings. The largest absolute Gasteiger partial charge is 0.366 e. The molecule has 0 aliphatic heterocycles. The minimum absolute atomic E-state index is 0.102. The molecule has 0 radical (unpaired) electrons. The third-order valence-electron chi connectivity index (χ3n) is 3.88. The number of rotatable bonds is 5. The molecule has 0 amide bonds. The van der Waals surface area contributed by atoms with E-state index in [4.69, 9.17) is 5.73 Å². The Morgan fingerprint density at radius 2 is 2.06 bits per heavy atom. The van der Waals surface area contributed by atoms with E-state index in [9.17, 15) is 4.39 Å². The van der Waals surface area contributed by atoms with Crippen molar-refractivity contribution in [3.05, 3.63) is 29.6 Å². The van der Waals surface area contributed by atoms with Gasteiger partial charge in [-0.15, -0.1) is 0 Å². The van der Waals surface area contributed by atoms with Gasteiger partial charge < -0.3 is 10.6 Å². The molecule has 0 heterocycles. The quantitative estimate of drug-likeness (QED) is 0.870. The summed E-state index contributed by atoms with van der Waals surface area (Å²) >= 11 is 0. The Morgan fingerprint density at radius 3 is 2.67 bits per heavy atom. The summed E-state index contributed by atoms with van der Waals surface area (Å²) in [6, 6.07) is 5.85. The Hall–Kier alpha value is -1.09. The first-order valence-corrected chi connectivity index (χ1v) is 7.02. The van der Waals surface area contributed by atoms with E-state index in [2.05, 4.69) is 11.8 Å². The third-order valence-corrected chi connectivity index (χ3v) is 3.88. The van der Waals surface area contributed by atoms with E-state index in [1.54, 1.807) is 12.1 Å².